The molecule has 1 aliphatic heterocycles. The molecular weight excluding hydrogens is 370 g/mol. The summed E-state index contributed by atoms with van der Waals surface area (Å²) in [5.41, 5.74) is 3.48. The highest BCUT2D eigenvalue weighted by Crippen LogP contribution is 2.29. The lowest BCUT2D eigenvalue weighted by Crippen LogP contribution is -2.38. The van der Waals surface area contributed by atoms with Crippen LogP contribution in [-0.2, 0) is 17.8 Å². The van der Waals surface area contributed by atoms with Gasteiger partial charge in [0.25, 0.3) is 0 Å². The van der Waals surface area contributed by atoms with Gasteiger partial charge in [-0.15, -0.1) is 0 Å². The van der Waals surface area contributed by atoms with Gasteiger partial charge < -0.3 is 25.0 Å². The minimum absolute atomic E-state index is 0.0249. The molecule has 0 fully saturated rings. The van der Waals surface area contributed by atoms with Crippen LogP contribution in [0.15, 0.2) is 36.4 Å². The number of fused-ring (bicyclic) bond motifs is 1. The molecule has 0 aliphatic carbocycles. The van der Waals surface area contributed by atoms with Crippen LogP contribution in [0.4, 0.5) is 16.2 Å². The van der Waals surface area contributed by atoms with Crippen molar-refractivity contribution in [2.75, 3.05) is 31.4 Å². The van der Waals surface area contributed by atoms with Crippen molar-refractivity contribution < 1.29 is 19.1 Å². The zero-order chi connectivity index (χ0) is 21.0. The number of carbonyl (C=O) groups is 2. The van der Waals surface area contributed by atoms with Gasteiger partial charge in [0.15, 0.2) is 0 Å². The summed E-state index contributed by atoms with van der Waals surface area (Å²) in [6.45, 7) is 5.12. The number of ether oxygens (including phenoxy) is 2. The molecule has 7 nitrogen and oxygen atoms in total. The molecule has 0 spiro atoms. The molecular formula is C22H27N3O4. The molecule has 3 rings (SSSR count). The van der Waals surface area contributed by atoms with Crippen molar-refractivity contribution >= 4 is 23.3 Å². The van der Waals surface area contributed by atoms with Crippen molar-refractivity contribution in [3.63, 3.8) is 0 Å². The third kappa shape index (κ3) is 4.80. The van der Waals surface area contributed by atoms with E-state index in [0.717, 1.165) is 18.5 Å². The Hall–Kier alpha value is -3.22. The number of hydrogen-bond acceptors (Lipinski definition) is 4. The number of nitrogens with one attached hydrogen (secondary N) is 2. The van der Waals surface area contributed by atoms with Crippen LogP contribution < -0.4 is 20.1 Å². The van der Waals surface area contributed by atoms with Crippen LogP contribution in [0.5, 0.6) is 11.5 Å². The number of methoxy groups -OCH3 is 2. The molecule has 1 heterocycles. The van der Waals surface area contributed by atoms with Crippen molar-refractivity contribution in [1.29, 1.82) is 0 Å². The zero-order valence-electron chi connectivity index (χ0n) is 17.2. The topological polar surface area (TPSA) is 79.9 Å². The van der Waals surface area contributed by atoms with Gasteiger partial charge in [-0.2, -0.15) is 0 Å². The maximum Gasteiger partial charge on any atom is 0.323 e. The van der Waals surface area contributed by atoms with Crippen LogP contribution >= 0.6 is 0 Å². The standard InChI is InChI=1S/C22H27N3O4/c1-14(2)21(26)25-10-9-15-5-6-17(11-16(15)13-25)23-22(27)24-19-8-7-18(28-3)12-20(19)29-4/h5-8,11-12,14H,9-10,13H2,1-4H3,(H2,23,24,27). The van der Waals surface area contributed by atoms with Crippen LogP contribution in [0.1, 0.15) is 25.0 Å². The van der Waals surface area contributed by atoms with E-state index < -0.39 is 0 Å². The van der Waals surface area contributed by atoms with Crippen molar-refractivity contribution in [2.45, 2.75) is 26.8 Å². The first-order valence-electron chi connectivity index (χ1n) is 9.62. The lowest BCUT2D eigenvalue weighted by molar-refractivity contribution is -0.135. The highest BCUT2D eigenvalue weighted by Gasteiger charge is 2.22. The molecule has 0 atom stereocenters. The summed E-state index contributed by atoms with van der Waals surface area (Å²) in [7, 11) is 3.10. The molecule has 0 saturated carbocycles. The third-order valence-corrected chi connectivity index (χ3v) is 4.94. The van der Waals surface area contributed by atoms with E-state index in [4.69, 9.17) is 9.47 Å². The molecule has 0 aromatic heterocycles. The van der Waals surface area contributed by atoms with Crippen LogP contribution in [-0.4, -0.2) is 37.6 Å². The van der Waals surface area contributed by atoms with Gasteiger partial charge in [-0.1, -0.05) is 19.9 Å². The van der Waals surface area contributed by atoms with Crippen LogP contribution in [0.2, 0.25) is 0 Å². The number of rotatable bonds is 5. The number of carbonyl (C=O) groups excluding carboxylic acids is 2. The zero-order valence-corrected chi connectivity index (χ0v) is 17.2. The molecule has 1 aliphatic rings. The number of urea groups is 1. The van der Waals surface area contributed by atoms with Gasteiger partial charge in [0, 0.05) is 30.8 Å². The lowest BCUT2D eigenvalue weighted by Gasteiger charge is -2.30. The molecule has 0 unspecified atom stereocenters. The Morgan fingerprint density at radius 3 is 2.48 bits per heavy atom. The highest BCUT2D eigenvalue weighted by molar-refractivity contribution is 6.00. The number of anilines is 2. The molecule has 2 N–H and O–H groups in total. The summed E-state index contributed by atoms with van der Waals surface area (Å²) in [5.74, 6) is 1.28. The maximum absolute atomic E-state index is 12.5. The number of hydrogen-bond donors (Lipinski definition) is 2. The predicted molar refractivity (Wildman–Crippen MR) is 113 cm³/mol. The van der Waals surface area contributed by atoms with Crippen molar-refractivity contribution in [1.82, 2.24) is 4.90 Å². The van der Waals surface area contributed by atoms with Gasteiger partial charge in [-0.05, 0) is 41.8 Å². The summed E-state index contributed by atoms with van der Waals surface area (Å²) >= 11 is 0. The van der Waals surface area contributed by atoms with E-state index in [2.05, 4.69) is 10.6 Å². The molecule has 29 heavy (non-hydrogen) atoms. The third-order valence-electron chi connectivity index (χ3n) is 4.94. The largest absolute Gasteiger partial charge is 0.497 e. The Balaban J connectivity index is 1.69. The van der Waals surface area contributed by atoms with E-state index in [0.29, 0.717) is 29.4 Å². The first-order valence-corrected chi connectivity index (χ1v) is 9.62. The molecule has 3 amide bonds. The fourth-order valence-corrected chi connectivity index (χ4v) is 3.37. The van der Waals surface area contributed by atoms with Crippen molar-refractivity contribution in [3.8, 4) is 11.5 Å². The number of benzene rings is 2. The highest BCUT2D eigenvalue weighted by atomic mass is 16.5. The summed E-state index contributed by atoms with van der Waals surface area (Å²) in [5, 5.41) is 5.64. The van der Waals surface area contributed by atoms with E-state index in [1.54, 1.807) is 25.3 Å². The maximum atomic E-state index is 12.5. The van der Waals surface area contributed by atoms with Crippen molar-refractivity contribution in [2.24, 2.45) is 5.92 Å². The van der Waals surface area contributed by atoms with Crippen LogP contribution in [0.3, 0.4) is 0 Å². The Morgan fingerprint density at radius 1 is 1.00 bits per heavy atom. The van der Waals surface area contributed by atoms with Gasteiger partial charge in [0.05, 0.1) is 19.9 Å². The molecule has 2 aromatic rings. The van der Waals surface area contributed by atoms with E-state index >= 15 is 0 Å². The smallest absolute Gasteiger partial charge is 0.323 e. The molecule has 0 saturated heterocycles. The molecule has 154 valence electrons. The van der Waals surface area contributed by atoms with Gasteiger partial charge >= 0.3 is 6.03 Å². The van der Waals surface area contributed by atoms with Gasteiger partial charge in [0.2, 0.25) is 5.91 Å². The first-order chi connectivity index (χ1) is 13.9. The fraction of sp³-hybridized carbons (Fsp3) is 0.364. The van der Waals surface area contributed by atoms with E-state index in [9.17, 15) is 9.59 Å². The van der Waals surface area contributed by atoms with Gasteiger partial charge in [0.1, 0.15) is 11.5 Å². The number of nitrogens with zero attached hydrogens (tertiary/aromatic N) is 1. The Labute approximate surface area is 171 Å². The summed E-state index contributed by atoms with van der Waals surface area (Å²) in [6.07, 6.45) is 0.823. The predicted octanol–water partition coefficient (Wildman–Crippen LogP) is 3.89. The van der Waals surface area contributed by atoms with E-state index in [1.807, 2.05) is 36.9 Å². The Bertz CT molecular complexity index is 911. The first kappa shape index (κ1) is 20.5. The lowest BCUT2D eigenvalue weighted by atomic mass is 9.98. The monoisotopic (exact) mass is 397 g/mol. The van der Waals surface area contributed by atoms with Gasteiger partial charge in [-0.25, -0.2) is 4.79 Å². The van der Waals surface area contributed by atoms with Crippen LogP contribution in [0.25, 0.3) is 0 Å². The van der Waals surface area contributed by atoms with E-state index in [1.165, 1.54) is 12.7 Å². The fourth-order valence-electron chi connectivity index (χ4n) is 3.37. The normalized spacial score (nSPS) is 12.9. The minimum Gasteiger partial charge on any atom is -0.497 e. The quantitative estimate of drug-likeness (QED) is 0.802. The van der Waals surface area contributed by atoms with Gasteiger partial charge in [-0.3, -0.25) is 4.79 Å². The van der Waals surface area contributed by atoms with Crippen molar-refractivity contribution in [3.05, 3.63) is 47.5 Å². The summed E-state index contributed by atoms with van der Waals surface area (Å²) < 4.78 is 10.5. The SMILES string of the molecule is COc1ccc(NC(=O)Nc2ccc3c(c2)CN(C(=O)C(C)C)CC3)c(OC)c1. The molecule has 0 radical (unpaired) electrons. The summed E-state index contributed by atoms with van der Waals surface area (Å²) in [6, 6.07) is 10.6. The van der Waals surface area contributed by atoms with Crippen LogP contribution in [0, 0.1) is 5.92 Å². The second kappa shape index (κ2) is 8.86. The Kier molecular flexibility index (Phi) is 6.26. The second-order valence-electron chi connectivity index (χ2n) is 7.29. The second-order valence-corrected chi connectivity index (χ2v) is 7.29. The number of amides is 3. The molecule has 2 aromatic carbocycles. The molecule has 7 heteroatoms. The Morgan fingerprint density at radius 2 is 1.79 bits per heavy atom. The average molecular weight is 397 g/mol. The minimum atomic E-state index is -0.376. The summed E-state index contributed by atoms with van der Waals surface area (Å²) in [4.78, 5) is 26.6. The van der Waals surface area contributed by atoms with E-state index in [-0.39, 0.29) is 17.9 Å². The molecule has 0 bridgehead atoms. The average Bonchev–Trinajstić information content (AvgIpc) is 2.72.